The van der Waals surface area contributed by atoms with E-state index in [1.807, 2.05) is 55.6 Å². The van der Waals surface area contributed by atoms with Crippen LogP contribution in [0.5, 0.6) is 0 Å². The lowest BCUT2D eigenvalue weighted by Crippen LogP contribution is -2.17. The smallest absolute Gasteiger partial charge is 0.264 e. The molecule has 0 bridgehead atoms. The van der Waals surface area contributed by atoms with Crippen molar-refractivity contribution in [2.45, 2.75) is 6.43 Å². The highest BCUT2D eigenvalue weighted by Gasteiger charge is 2.23. The third kappa shape index (κ3) is 3.21. The van der Waals surface area contributed by atoms with Crippen LogP contribution in [0.4, 0.5) is 20.2 Å². The molecule has 1 atom stereocenters. The summed E-state index contributed by atoms with van der Waals surface area (Å²) < 4.78 is 30.1. The van der Waals surface area contributed by atoms with E-state index in [0.717, 1.165) is 33.9 Å². The van der Waals surface area contributed by atoms with Crippen LogP contribution in [0.25, 0.3) is 5.57 Å². The van der Waals surface area contributed by atoms with Gasteiger partial charge in [-0.25, -0.2) is 8.78 Å². The topological polar surface area (TPSA) is 12.5 Å². The average Bonchev–Trinajstić information content (AvgIpc) is 2.54. The zero-order valence-electron chi connectivity index (χ0n) is 12.3. The monoisotopic (exact) mass is 349 g/mol. The molecule has 0 aliphatic carbocycles. The van der Waals surface area contributed by atoms with E-state index in [1.165, 1.54) is 6.26 Å². The molecule has 118 valence electrons. The van der Waals surface area contributed by atoms with Gasteiger partial charge >= 0.3 is 0 Å². The predicted molar refractivity (Wildman–Crippen MR) is 95.5 cm³/mol. The lowest BCUT2D eigenvalue weighted by Gasteiger charge is -2.31. The van der Waals surface area contributed by atoms with E-state index >= 15 is 0 Å². The van der Waals surface area contributed by atoms with Crippen molar-refractivity contribution in [3.05, 3.63) is 65.9 Å². The van der Waals surface area contributed by atoms with E-state index in [-0.39, 0.29) is 0 Å². The van der Waals surface area contributed by atoms with E-state index in [0.29, 0.717) is 0 Å². The van der Waals surface area contributed by atoms with Crippen molar-refractivity contribution in [1.82, 2.24) is 0 Å². The summed E-state index contributed by atoms with van der Waals surface area (Å²) in [6.45, 7) is -1.72. The third-order valence-electron chi connectivity index (χ3n) is 3.62. The van der Waals surface area contributed by atoms with Gasteiger partial charge in [0.1, 0.15) is 12.8 Å². The molecule has 6 heteroatoms. The standard InChI is InChI=1S/C17H14F2NOPS/c1-20-15-8-4-2-6-12(15)14(10-21-22(23)11-17(18)19)13-7-3-5-9-16(13)20/h2-11,17H,1H3. The summed E-state index contributed by atoms with van der Waals surface area (Å²) in [7, 11) is 2.00. The molecule has 0 N–H and O–H groups in total. The maximum absolute atomic E-state index is 12.4. The van der Waals surface area contributed by atoms with Crippen LogP contribution in [0.2, 0.25) is 0 Å². The van der Waals surface area contributed by atoms with Gasteiger partial charge in [-0.3, -0.25) is 0 Å². The van der Waals surface area contributed by atoms with Crippen molar-refractivity contribution >= 4 is 41.1 Å². The second-order valence-electron chi connectivity index (χ2n) is 5.00. The van der Waals surface area contributed by atoms with Crippen molar-refractivity contribution in [1.29, 1.82) is 0 Å². The number of fused-ring (bicyclic) bond motifs is 2. The minimum atomic E-state index is -2.56. The minimum Gasteiger partial charge on any atom is -0.443 e. The Balaban J connectivity index is 2.10. The molecule has 1 aliphatic rings. The van der Waals surface area contributed by atoms with Crippen LogP contribution >= 0.6 is 6.55 Å². The summed E-state index contributed by atoms with van der Waals surface area (Å²) in [6, 6.07) is 15.8. The molecular weight excluding hydrogens is 335 g/mol. The molecule has 2 nitrogen and oxygen atoms in total. The highest BCUT2D eigenvalue weighted by atomic mass is 32.4. The van der Waals surface area contributed by atoms with Crippen LogP contribution in [0.3, 0.4) is 0 Å². The van der Waals surface area contributed by atoms with Crippen molar-refractivity contribution < 1.29 is 13.3 Å². The van der Waals surface area contributed by atoms with Gasteiger partial charge in [0, 0.05) is 40.9 Å². The van der Waals surface area contributed by atoms with Crippen LogP contribution in [-0.4, -0.2) is 19.3 Å². The summed E-state index contributed by atoms with van der Waals surface area (Å²) in [5.74, 6) is 0.758. The Labute approximate surface area is 139 Å². The van der Waals surface area contributed by atoms with Crippen LogP contribution in [0.15, 0.2) is 54.8 Å². The molecule has 3 rings (SSSR count). The third-order valence-corrected chi connectivity index (χ3v) is 5.03. The number of anilines is 2. The van der Waals surface area contributed by atoms with Gasteiger partial charge in [0.25, 0.3) is 6.43 Å². The Morgan fingerprint density at radius 2 is 1.57 bits per heavy atom. The van der Waals surface area contributed by atoms with Gasteiger partial charge in [0.2, 0.25) is 0 Å². The molecule has 1 unspecified atom stereocenters. The molecule has 0 aromatic heterocycles. The van der Waals surface area contributed by atoms with Crippen molar-refractivity contribution in [2.75, 3.05) is 11.9 Å². The molecule has 2 aromatic rings. The minimum absolute atomic E-state index is 0.758. The van der Waals surface area contributed by atoms with Crippen LogP contribution in [-0.2, 0) is 16.3 Å². The van der Waals surface area contributed by atoms with Crippen molar-refractivity contribution in [2.24, 2.45) is 0 Å². The number of hydrogen-bond donors (Lipinski definition) is 0. The summed E-state index contributed by atoms with van der Waals surface area (Å²) in [6.07, 6.45) is -1.04. The van der Waals surface area contributed by atoms with E-state index < -0.39 is 13.0 Å². The summed E-state index contributed by atoms with van der Waals surface area (Å²) in [4.78, 5) is 2.10. The number of nitrogens with zero attached hydrogens (tertiary/aromatic N) is 1. The fraction of sp³-hybridized carbons (Fsp3) is 0.118. The quantitative estimate of drug-likeness (QED) is 0.565. The molecule has 2 aromatic carbocycles. The van der Waals surface area contributed by atoms with E-state index in [9.17, 15) is 8.78 Å². The molecule has 0 amide bonds. The summed E-state index contributed by atoms with van der Waals surface area (Å²) in [5, 5.41) is 0. The molecule has 0 saturated heterocycles. The maximum Gasteiger partial charge on any atom is 0.264 e. The summed E-state index contributed by atoms with van der Waals surface area (Å²) in [5.41, 5.74) is 4.91. The second-order valence-corrected chi connectivity index (χ2v) is 7.16. The second kappa shape index (κ2) is 6.65. The highest BCUT2D eigenvalue weighted by Crippen LogP contribution is 2.44. The Kier molecular flexibility index (Phi) is 4.60. The first kappa shape index (κ1) is 15.9. The van der Waals surface area contributed by atoms with Crippen LogP contribution in [0, 0.1) is 0 Å². The zero-order chi connectivity index (χ0) is 16.4. The fourth-order valence-electron chi connectivity index (χ4n) is 2.62. The van der Waals surface area contributed by atoms with Crippen molar-refractivity contribution in [3.8, 4) is 0 Å². The Bertz CT molecular complexity index is 794. The van der Waals surface area contributed by atoms with Crippen LogP contribution < -0.4 is 4.90 Å². The van der Waals surface area contributed by atoms with Gasteiger partial charge in [-0.1, -0.05) is 36.4 Å². The van der Waals surface area contributed by atoms with E-state index in [1.54, 1.807) is 0 Å². The first-order valence-electron chi connectivity index (χ1n) is 6.97. The Morgan fingerprint density at radius 3 is 2.09 bits per heavy atom. The molecule has 0 spiro atoms. The summed E-state index contributed by atoms with van der Waals surface area (Å²) >= 11 is 4.95. The molecule has 0 radical (unpaired) electrons. The number of para-hydroxylation sites is 2. The number of alkyl halides is 2. The van der Waals surface area contributed by atoms with Crippen LogP contribution in [0.1, 0.15) is 11.1 Å². The molecular formula is C17H14F2NOPS. The molecule has 0 fully saturated rings. The maximum atomic E-state index is 12.4. The number of rotatable bonds is 3. The first-order valence-corrected chi connectivity index (χ1v) is 9.31. The van der Waals surface area contributed by atoms with Gasteiger partial charge in [0.05, 0.1) is 0 Å². The number of hydrogen-bond acceptors (Lipinski definition) is 3. The normalized spacial score (nSPS) is 13.7. The lowest BCUT2D eigenvalue weighted by molar-refractivity contribution is 0.233. The average molecular weight is 349 g/mol. The molecule has 0 saturated carbocycles. The molecule has 1 aliphatic heterocycles. The zero-order valence-corrected chi connectivity index (χ0v) is 14.0. The van der Waals surface area contributed by atoms with Gasteiger partial charge in [0.15, 0.2) is 0 Å². The number of benzene rings is 2. The first-order chi connectivity index (χ1) is 11.1. The van der Waals surface area contributed by atoms with Gasteiger partial charge in [-0.15, -0.1) is 0 Å². The van der Waals surface area contributed by atoms with Gasteiger partial charge in [-0.2, -0.15) is 0 Å². The predicted octanol–water partition coefficient (Wildman–Crippen LogP) is 5.10. The van der Waals surface area contributed by atoms with E-state index in [2.05, 4.69) is 4.90 Å². The Morgan fingerprint density at radius 1 is 1.04 bits per heavy atom. The Hall–Kier alpha value is -1.97. The highest BCUT2D eigenvalue weighted by molar-refractivity contribution is 8.02. The van der Waals surface area contributed by atoms with Gasteiger partial charge < -0.3 is 9.42 Å². The largest absolute Gasteiger partial charge is 0.443 e. The fourth-order valence-corrected chi connectivity index (χ4v) is 3.49. The lowest BCUT2D eigenvalue weighted by atomic mass is 9.91. The SMILES string of the molecule is CN1c2ccccc2C(=COP(=S)=CC(F)F)c2ccccc21. The number of halogens is 2. The molecule has 1 heterocycles. The molecule has 23 heavy (non-hydrogen) atoms. The van der Waals surface area contributed by atoms with Gasteiger partial charge in [-0.05, 0) is 23.9 Å². The van der Waals surface area contributed by atoms with Crippen molar-refractivity contribution in [3.63, 3.8) is 0 Å². The van der Waals surface area contributed by atoms with E-state index in [4.69, 9.17) is 16.3 Å².